The van der Waals surface area contributed by atoms with Crippen LogP contribution < -0.4 is 10.1 Å². The lowest BCUT2D eigenvalue weighted by molar-refractivity contribution is 0.387. The molecule has 0 atom stereocenters. The maximum absolute atomic E-state index is 12.5. The minimum atomic E-state index is -3.53. The quantitative estimate of drug-likeness (QED) is 0.834. The van der Waals surface area contributed by atoms with E-state index in [2.05, 4.69) is 5.32 Å². The number of ether oxygens (including phenoxy) is 1. The van der Waals surface area contributed by atoms with Gasteiger partial charge in [0.1, 0.15) is 10.6 Å². The van der Waals surface area contributed by atoms with Crippen LogP contribution in [0.4, 0.5) is 0 Å². The summed E-state index contributed by atoms with van der Waals surface area (Å²) in [6.07, 6.45) is 0. The predicted molar refractivity (Wildman–Crippen MR) is 80.5 cm³/mol. The van der Waals surface area contributed by atoms with Crippen LogP contribution in [0.25, 0.3) is 0 Å². The van der Waals surface area contributed by atoms with E-state index in [-0.39, 0.29) is 10.9 Å². The van der Waals surface area contributed by atoms with E-state index in [1.165, 1.54) is 11.4 Å². The number of benzene rings is 1. The number of sulfonamides is 1. The van der Waals surface area contributed by atoms with Gasteiger partial charge in [0, 0.05) is 19.6 Å². The van der Waals surface area contributed by atoms with E-state index in [9.17, 15) is 8.42 Å². The van der Waals surface area contributed by atoms with Gasteiger partial charge < -0.3 is 10.1 Å². The highest BCUT2D eigenvalue weighted by Crippen LogP contribution is 2.28. The van der Waals surface area contributed by atoms with Gasteiger partial charge in [-0.1, -0.05) is 13.0 Å². The summed E-state index contributed by atoms with van der Waals surface area (Å²) in [5, 5.41) is 3.20. The second-order valence-corrected chi connectivity index (χ2v) is 6.85. The van der Waals surface area contributed by atoms with Crippen LogP contribution in [0.15, 0.2) is 23.1 Å². The van der Waals surface area contributed by atoms with Gasteiger partial charge in [-0.05, 0) is 38.1 Å². The maximum Gasteiger partial charge on any atom is 0.246 e. The van der Waals surface area contributed by atoms with Crippen LogP contribution in [0.3, 0.4) is 0 Å². The van der Waals surface area contributed by atoms with Gasteiger partial charge in [-0.2, -0.15) is 4.31 Å². The molecule has 1 rings (SSSR count). The standard InChI is InChI=1S/C14H24N2O3S/c1-6-15-10-12-7-8-14(13(9-12)19-5)20(17,18)16(4)11(2)3/h7-9,11,15H,6,10H2,1-5H3. The van der Waals surface area contributed by atoms with Gasteiger partial charge in [0.05, 0.1) is 7.11 Å². The van der Waals surface area contributed by atoms with Gasteiger partial charge in [-0.15, -0.1) is 0 Å². The third-order valence-electron chi connectivity index (χ3n) is 3.19. The fourth-order valence-electron chi connectivity index (χ4n) is 1.74. The Balaban J connectivity index is 3.19. The number of hydrogen-bond acceptors (Lipinski definition) is 4. The molecule has 0 aliphatic carbocycles. The van der Waals surface area contributed by atoms with E-state index in [0.29, 0.717) is 12.3 Å². The van der Waals surface area contributed by atoms with Crippen molar-refractivity contribution in [3.8, 4) is 5.75 Å². The lowest BCUT2D eigenvalue weighted by Gasteiger charge is -2.22. The molecule has 0 unspecified atom stereocenters. The molecule has 1 N–H and O–H groups in total. The van der Waals surface area contributed by atoms with E-state index >= 15 is 0 Å². The molecule has 0 fully saturated rings. The van der Waals surface area contributed by atoms with Crippen LogP contribution >= 0.6 is 0 Å². The van der Waals surface area contributed by atoms with Gasteiger partial charge in [0.15, 0.2) is 0 Å². The molecule has 0 amide bonds. The smallest absolute Gasteiger partial charge is 0.246 e. The Morgan fingerprint density at radius 3 is 2.50 bits per heavy atom. The Morgan fingerprint density at radius 1 is 1.35 bits per heavy atom. The highest BCUT2D eigenvalue weighted by Gasteiger charge is 2.26. The number of nitrogens with one attached hydrogen (secondary N) is 1. The summed E-state index contributed by atoms with van der Waals surface area (Å²) < 4.78 is 31.6. The molecule has 0 aliphatic rings. The summed E-state index contributed by atoms with van der Waals surface area (Å²) in [6, 6.07) is 5.08. The highest BCUT2D eigenvalue weighted by atomic mass is 32.2. The van der Waals surface area contributed by atoms with Crippen molar-refractivity contribution in [3.05, 3.63) is 23.8 Å². The average molecular weight is 300 g/mol. The fourth-order valence-corrected chi connectivity index (χ4v) is 3.24. The fraction of sp³-hybridized carbons (Fsp3) is 0.571. The highest BCUT2D eigenvalue weighted by molar-refractivity contribution is 7.89. The molecular weight excluding hydrogens is 276 g/mol. The van der Waals surface area contributed by atoms with Gasteiger partial charge in [-0.25, -0.2) is 8.42 Å². The Morgan fingerprint density at radius 2 is 2.00 bits per heavy atom. The number of nitrogens with zero attached hydrogens (tertiary/aromatic N) is 1. The van der Waals surface area contributed by atoms with Gasteiger partial charge in [-0.3, -0.25) is 0 Å². The van der Waals surface area contributed by atoms with E-state index < -0.39 is 10.0 Å². The first-order valence-corrected chi connectivity index (χ1v) is 8.14. The van der Waals surface area contributed by atoms with Crippen LogP contribution in [-0.2, 0) is 16.6 Å². The molecule has 1 aromatic rings. The molecule has 114 valence electrons. The second-order valence-electron chi connectivity index (χ2n) is 4.88. The summed E-state index contributed by atoms with van der Waals surface area (Å²) in [4.78, 5) is 0.205. The third kappa shape index (κ3) is 3.71. The van der Waals surface area contributed by atoms with Crippen LogP contribution in [0.2, 0.25) is 0 Å². The molecule has 20 heavy (non-hydrogen) atoms. The lowest BCUT2D eigenvalue weighted by Crippen LogP contribution is -2.33. The van der Waals surface area contributed by atoms with Crippen molar-refractivity contribution in [1.29, 1.82) is 0 Å². The molecular formula is C14H24N2O3S. The average Bonchev–Trinajstić information content (AvgIpc) is 2.43. The van der Waals surface area contributed by atoms with E-state index in [1.54, 1.807) is 19.2 Å². The molecule has 0 spiro atoms. The Hall–Kier alpha value is -1.11. The monoisotopic (exact) mass is 300 g/mol. The van der Waals surface area contributed by atoms with Crippen molar-refractivity contribution < 1.29 is 13.2 Å². The summed E-state index contributed by atoms with van der Waals surface area (Å²) in [5.41, 5.74) is 0.995. The summed E-state index contributed by atoms with van der Waals surface area (Å²) in [6.45, 7) is 7.24. The third-order valence-corrected chi connectivity index (χ3v) is 5.26. The van der Waals surface area contributed by atoms with Crippen molar-refractivity contribution >= 4 is 10.0 Å². The number of rotatable bonds is 7. The number of methoxy groups -OCH3 is 1. The molecule has 6 heteroatoms. The van der Waals surface area contributed by atoms with Crippen LogP contribution in [0, 0.1) is 0 Å². The van der Waals surface area contributed by atoms with Gasteiger partial charge >= 0.3 is 0 Å². The molecule has 0 aromatic heterocycles. The summed E-state index contributed by atoms with van der Waals surface area (Å²) in [7, 11) is -0.468. The van der Waals surface area contributed by atoms with Crippen LogP contribution in [0.5, 0.6) is 5.75 Å². The summed E-state index contributed by atoms with van der Waals surface area (Å²) in [5.74, 6) is 0.382. The Labute approximate surface area is 122 Å². The zero-order chi connectivity index (χ0) is 15.3. The van der Waals surface area contributed by atoms with Crippen molar-refractivity contribution in [2.75, 3.05) is 20.7 Å². The molecule has 0 heterocycles. The molecule has 0 saturated heterocycles. The summed E-state index contributed by atoms with van der Waals surface area (Å²) >= 11 is 0. The van der Waals surface area contributed by atoms with Crippen LogP contribution in [-0.4, -0.2) is 39.5 Å². The molecule has 0 bridgehead atoms. The van der Waals surface area contributed by atoms with Gasteiger partial charge in [0.2, 0.25) is 10.0 Å². The first-order chi connectivity index (χ1) is 9.34. The minimum Gasteiger partial charge on any atom is -0.495 e. The van der Waals surface area contributed by atoms with E-state index in [0.717, 1.165) is 12.1 Å². The topological polar surface area (TPSA) is 58.6 Å². The molecule has 0 radical (unpaired) electrons. The first kappa shape index (κ1) is 16.9. The SMILES string of the molecule is CCNCc1ccc(S(=O)(=O)N(C)C(C)C)c(OC)c1. The van der Waals surface area contributed by atoms with Crippen molar-refractivity contribution in [3.63, 3.8) is 0 Å². The Kier molecular flexibility index (Phi) is 5.98. The lowest BCUT2D eigenvalue weighted by atomic mass is 10.2. The molecule has 0 aliphatic heterocycles. The first-order valence-electron chi connectivity index (χ1n) is 6.70. The van der Waals surface area contributed by atoms with Crippen LogP contribution in [0.1, 0.15) is 26.3 Å². The van der Waals surface area contributed by atoms with E-state index in [4.69, 9.17) is 4.74 Å². The molecule has 0 saturated carbocycles. The number of hydrogen-bond donors (Lipinski definition) is 1. The molecule has 5 nitrogen and oxygen atoms in total. The maximum atomic E-state index is 12.5. The Bertz CT molecular complexity index is 541. The van der Waals surface area contributed by atoms with E-state index in [1.807, 2.05) is 26.8 Å². The van der Waals surface area contributed by atoms with Crippen molar-refractivity contribution in [2.45, 2.75) is 38.3 Å². The zero-order valence-electron chi connectivity index (χ0n) is 12.8. The minimum absolute atomic E-state index is 0.105. The zero-order valence-corrected chi connectivity index (χ0v) is 13.6. The van der Waals surface area contributed by atoms with Crippen molar-refractivity contribution in [2.24, 2.45) is 0 Å². The largest absolute Gasteiger partial charge is 0.495 e. The second kappa shape index (κ2) is 7.06. The normalized spacial score (nSPS) is 12.2. The predicted octanol–water partition coefficient (Wildman–Crippen LogP) is 1.83. The van der Waals surface area contributed by atoms with Crippen molar-refractivity contribution in [1.82, 2.24) is 9.62 Å². The molecule has 1 aromatic carbocycles. The van der Waals surface area contributed by atoms with Gasteiger partial charge in [0.25, 0.3) is 0 Å².